The van der Waals surface area contributed by atoms with Crippen molar-refractivity contribution in [2.24, 2.45) is 12.8 Å². The number of primary amides is 1. The molecule has 10 heteroatoms. The molecule has 152 valence electrons. The number of pyridine rings is 1. The molecule has 1 amide bonds. The van der Waals surface area contributed by atoms with Crippen molar-refractivity contribution in [3.63, 3.8) is 0 Å². The van der Waals surface area contributed by atoms with Crippen LogP contribution < -0.4 is 20.9 Å². The van der Waals surface area contributed by atoms with Crippen molar-refractivity contribution in [2.75, 3.05) is 12.8 Å². The molecule has 0 aliphatic heterocycles. The first-order valence-electron chi connectivity index (χ1n) is 8.75. The van der Waals surface area contributed by atoms with Gasteiger partial charge in [0, 0.05) is 13.1 Å². The van der Waals surface area contributed by atoms with Crippen LogP contribution in [0.3, 0.4) is 0 Å². The molecule has 0 radical (unpaired) electrons. The molecule has 3 rings (SSSR count). The van der Waals surface area contributed by atoms with Gasteiger partial charge in [0.2, 0.25) is 5.88 Å². The topological polar surface area (TPSA) is 140 Å². The molecule has 4 N–H and O–H groups in total. The first kappa shape index (κ1) is 20.1. The minimum atomic E-state index is -0.923. The fourth-order valence-corrected chi connectivity index (χ4v) is 2.77. The summed E-state index contributed by atoms with van der Waals surface area (Å²) < 4.78 is 17.7. The Bertz CT molecular complexity index is 1020. The van der Waals surface area contributed by atoms with E-state index in [9.17, 15) is 4.79 Å². The van der Waals surface area contributed by atoms with Crippen LogP contribution in [0.25, 0.3) is 11.4 Å². The van der Waals surface area contributed by atoms with Gasteiger partial charge in [0.15, 0.2) is 11.6 Å². The first-order chi connectivity index (χ1) is 13.9. The zero-order valence-electron chi connectivity index (χ0n) is 16.3. The van der Waals surface area contributed by atoms with Crippen LogP contribution in [0, 0.1) is 0 Å². The van der Waals surface area contributed by atoms with Gasteiger partial charge in [-0.05, 0) is 30.7 Å². The zero-order chi connectivity index (χ0) is 21.0. The molecule has 0 spiro atoms. The van der Waals surface area contributed by atoms with Crippen molar-refractivity contribution >= 4 is 11.8 Å². The van der Waals surface area contributed by atoms with Gasteiger partial charge < -0.3 is 25.7 Å². The third-order valence-corrected chi connectivity index (χ3v) is 4.12. The quantitative estimate of drug-likeness (QED) is 0.577. The summed E-state index contributed by atoms with van der Waals surface area (Å²) in [6.07, 6.45) is 0.367. The number of aromatic nitrogens is 4. The van der Waals surface area contributed by atoms with E-state index in [2.05, 4.69) is 15.1 Å². The number of nitrogens with two attached hydrogens (primary N) is 2. The summed E-state index contributed by atoms with van der Waals surface area (Å²) in [5.41, 5.74) is 13.7. The Labute approximate surface area is 167 Å². The minimum Gasteiger partial charge on any atom is -0.494 e. The van der Waals surface area contributed by atoms with Crippen molar-refractivity contribution in [3.05, 3.63) is 47.9 Å². The van der Waals surface area contributed by atoms with Crippen molar-refractivity contribution < 1.29 is 19.0 Å². The molecule has 0 saturated heterocycles. The highest BCUT2D eigenvalue weighted by atomic mass is 16.6. The third kappa shape index (κ3) is 4.79. The molecule has 3 aromatic rings. The second-order valence-corrected chi connectivity index (χ2v) is 6.27. The summed E-state index contributed by atoms with van der Waals surface area (Å²) in [7, 11) is 3.33. The van der Waals surface area contributed by atoms with E-state index in [-0.39, 0.29) is 18.6 Å². The molecule has 0 fully saturated rings. The van der Waals surface area contributed by atoms with E-state index in [1.54, 1.807) is 43.4 Å². The van der Waals surface area contributed by atoms with Crippen molar-refractivity contribution in [2.45, 2.75) is 19.6 Å². The average Bonchev–Trinajstić information content (AvgIpc) is 3.11. The van der Waals surface area contributed by atoms with Gasteiger partial charge in [-0.1, -0.05) is 6.07 Å². The number of nitrogen functional groups attached to an aromatic ring is 1. The molecule has 1 atom stereocenters. The summed E-state index contributed by atoms with van der Waals surface area (Å²) in [4.78, 5) is 19.3. The van der Waals surface area contributed by atoms with Crippen molar-refractivity contribution in [3.8, 4) is 23.0 Å². The molecule has 10 nitrogen and oxygen atoms in total. The lowest BCUT2D eigenvalue weighted by atomic mass is 10.0. The Hall–Kier alpha value is -3.66. The number of anilines is 1. The molecule has 0 saturated carbocycles. The highest BCUT2D eigenvalue weighted by Crippen LogP contribution is 2.36. The Kier molecular flexibility index (Phi) is 5.93. The van der Waals surface area contributed by atoms with Crippen LogP contribution >= 0.6 is 0 Å². The standard InChI is InChI=1S/C19H22N6O4/c1-11(28-9-13-5-4-6-16(23-13)29-19(21)26)12-7-14(17(27-3)15(20)8-12)18-22-10-25(2)24-18/h4-8,10-11H,9,20H2,1-3H3,(H2,21,26). The predicted octanol–water partition coefficient (Wildman–Crippen LogP) is 2.20. The van der Waals surface area contributed by atoms with E-state index in [0.29, 0.717) is 28.5 Å². The predicted molar refractivity (Wildman–Crippen MR) is 105 cm³/mol. The number of amides is 1. The Balaban J connectivity index is 1.80. The minimum absolute atomic E-state index is 0.114. The molecule has 0 aliphatic carbocycles. The molecule has 0 aliphatic rings. The summed E-state index contributed by atoms with van der Waals surface area (Å²) in [6.45, 7) is 2.08. The maximum atomic E-state index is 10.9. The van der Waals surface area contributed by atoms with Gasteiger partial charge in [-0.3, -0.25) is 4.68 Å². The molecular weight excluding hydrogens is 376 g/mol. The Morgan fingerprint density at radius 2 is 2.10 bits per heavy atom. The molecule has 1 unspecified atom stereocenters. The maximum absolute atomic E-state index is 10.9. The molecule has 1 aromatic carbocycles. The van der Waals surface area contributed by atoms with Crippen LogP contribution in [0.5, 0.6) is 11.6 Å². The van der Waals surface area contributed by atoms with Gasteiger partial charge in [-0.2, -0.15) is 5.10 Å². The van der Waals surface area contributed by atoms with Gasteiger partial charge in [0.05, 0.1) is 36.8 Å². The highest BCUT2D eigenvalue weighted by Gasteiger charge is 2.18. The van der Waals surface area contributed by atoms with E-state index in [4.69, 9.17) is 25.7 Å². The monoisotopic (exact) mass is 398 g/mol. The summed E-state index contributed by atoms with van der Waals surface area (Å²) >= 11 is 0. The Morgan fingerprint density at radius 3 is 2.76 bits per heavy atom. The summed E-state index contributed by atoms with van der Waals surface area (Å²) in [5.74, 6) is 1.12. The number of hydrogen-bond acceptors (Lipinski definition) is 8. The van der Waals surface area contributed by atoms with Crippen molar-refractivity contribution in [1.29, 1.82) is 0 Å². The van der Waals surface area contributed by atoms with Crippen LogP contribution in [0.4, 0.5) is 10.5 Å². The molecule has 29 heavy (non-hydrogen) atoms. The number of hydrogen-bond donors (Lipinski definition) is 2. The van der Waals surface area contributed by atoms with Crippen LogP contribution in [0.15, 0.2) is 36.7 Å². The number of nitrogens with zero attached hydrogens (tertiary/aromatic N) is 4. The van der Waals surface area contributed by atoms with E-state index < -0.39 is 6.09 Å². The number of rotatable bonds is 7. The fraction of sp³-hybridized carbons (Fsp3) is 0.263. The van der Waals surface area contributed by atoms with Gasteiger partial charge in [-0.25, -0.2) is 14.8 Å². The van der Waals surface area contributed by atoms with Gasteiger partial charge >= 0.3 is 6.09 Å². The fourth-order valence-electron chi connectivity index (χ4n) is 2.77. The first-order valence-corrected chi connectivity index (χ1v) is 8.75. The largest absolute Gasteiger partial charge is 0.494 e. The second kappa shape index (κ2) is 8.57. The summed E-state index contributed by atoms with van der Waals surface area (Å²) in [5, 5.41) is 4.33. The lowest BCUT2D eigenvalue weighted by molar-refractivity contribution is 0.0503. The van der Waals surface area contributed by atoms with E-state index in [1.165, 1.54) is 6.07 Å². The van der Waals surface area contributed by atoms with Gasteiger partial charge in [0.1, 0.15) is 6.33 Å². The summed E-state index contributed by atoms with van der Waals surface area (Å²) in [6, 6.07) is 8.66. The zero-order valence-corrected chi connectivity index (χ0v) is 16.3. The van der Waals surface area contributed by atoms with Crippen LogP contribution in [0.2, 0.25) is 0 Å². The number of carbonyl (C=O) groups excluding carboxylic acids is 1. The van der Waals surface area contributed by atoms with Gasteiger partial charge in [-0.15, -0.1) is 0 Å². The smallest absolute Gasteiger partial charge is 0.411 e. The second-order valence-electron chi connectivity index (χ2n) is 6.27. The van der Waals surface area contributed by atoms with Crippen LogP contribution in [-0.4, -0.2) is 33.0 Å². The van der Waals surface area contributed by atoms with Crippen LogP contribution in [-0.2, 0) is 18.4 Å². The van der Waals surface area contributed by atoms with E-state index in [0.717, 1.165) is 5.56 Å². The molecular formula is C19H22N6O4. The number of carbonyl (C=O) groups is 1. The van der Waals surface area contributed by atoms with E-state index >= 15 is 0 Å². The maximum Gasteiger partial charge on any atom is 0.411 e. The van der Waals surface area contributed by atoms with Crippen molar-refractivity contribution in [1.82, 2.24) is 19.7 Å². The average molecular weight is 398 g/mol. The number of benzene rings is 1. The number of aryl methyl sites for hydroxylation is 1. The highest BCUT2D eigenvalue weighted by molar-refractivity contribution is 5.74. The molecule has 2 aromatic heterocycles. The number of ether oxygens (including phenoxy) is 3. The molecule has 0 bridgehead atoms. The van der Waals surface area contributed by atoms with E-state index in [1.807, 2.05) is 13.0 Å². The normalized spacial score (nSPS) is 11.8. The Morgan fingerprint density at radius 1 is 1.31 bits per heavy atom. The lowest BCUT2D eigenvalue weighted by Crippen LogP contribution is -2.17. The lowest BCUT2D eigenvalue weighted by Gasteiger charge is -2.17. The van der Waals surface area contributed by atoms with Crippen LogP contribution in [0.1, 0.15) is 24.3 Å². The third-order valence-electron chi connectivity index (χ3n) is 4.12. The van der Waals surface area contributed by atoms with Gasteiger partial charge in [0.25, 0.3) is 0 Å². The number of methoxy groups -OCH3 is 1. The molecule has 2 heterocycles. The SMILES string of the molecule is COc1c(N)cc(C(C)OCc2cccc(OC(N)=O)n2)cc1-c1ncn(C)n1.